The Hall–Kier alpha value is -1.09. The molecule has 1 atom stereocenters. The van der Waals surface area contributed by atoms with Crippen molar-refractivity contribution in [1.82, 2.24) is 10.2 Å². The molecule has 0 N–H and O–H groups in total. The van der Waals surface area contributed by atoms with Gasteiger partial charge in [-0.2, -0.15) is 0 Å². The van der Waals surface area contributed by atoms with Gasteiger partial charge in [0.05, 0.1) is 27.3 Å². The lowest BCUT2D eigenvalue weighted by Gasteiger charge is -2.02. The summed E-state index contributed by atoms with van der Waals surface area (Å²) in [7, 11) is -2.93. The molecular weight excluding hydrogens is 407 g/mol. The minimum absolute atomic E-state index is 0.0149. The van der Waals surface area contributed by atoms with Crippen molar-refractivity contribution in [3.63, 3.8) is 0 Å². The van der Waals surface area contributed by atoms with Crippen LogP contribution in [0.5, 0.6) is 0 Å². The molecular formula is C15H14Cl2N2O4S2. The lowest BCUT2D eigenvalue weighted by molar-refractivity contribution is 0.102. The van der Waals surface area contributed by atoms with Gasteiger partial charge in [-0.3, -0.25) is 4.79 Å². The molecule has 0 bridgehead atoms. The summed E-state index contributed by atoms with van der Waals surface area (Å²) in [5.41, 5.74) is 0.456. The highest BCUT2D eigenvalue weighted by molar-refractivity contribution is 7.99. The van der Waals surface area contributed by atoms with Crippen molar-refractivity contribution in [2.45, 2.75) is 18.1 Å². The molecule has 1 aromatic carbocycles. The average molecular weight is 421 g/mol. The third-order valence-electron chi connectivity index (χ3n) is 3.81. The number of nitrogens with zero attached hydrogens (tertiary/aromatic N) is 2. The van der Waals surface area contributed by atoms with Crippen LogP contribution in [0.1, 0.15) is 22.7 Å². The van der Waals surface area contributed by atoms with E-state index in [9.17, 15) is 13.2 Å². The molecule has 0 amide bonds. The summed E-state index contributed by atoms with van der Waals surface area (Å²) in [6.07, 6.45) is 1.05. The predicted molar refractivity (Wildman–Crippen MR) is 96.3 cm³/mol. The second-order valence-electron chi connectivity index (χ2n) is 5.78. The fourth-order valence-electron chi connectivity index (χ4n) is 2.54. The minimum atomic E-state index is -2.93. The van der Waals surface area contributed by atoms with Crippen LogP contribution in [0.4, 0.5) is 0 Å². The molecule has 1 saturated heterocycles. The summed E-state index contributed by atoms with van der Waals surface area (Å²) >= 11 is 12.9. The molecule has 0 radical (unpaired) electrons. The first-order chi connectivity index (χ1) is 11.8. The number of carbonyl (C=O) groups excluding carboxylic acids is 1. The van der Waals surface area contributed by atoms with Crippen LogP contribution in [0.25, 0.3) is 0 Å². The van der Waals surface area contributed by atoms with Crippen LogP contribution < -0.4 is 0 Å². The number of benzene rings is 1. The molecule has 0 saturated carbocycles. The van der Waals surface area contributed by atoms with Gasteiger partial charge in [-0.25, -0.2) is 8.42 Å². The number of hydrogen-bond acceptors (Lipinski definition) is 7. The van der Waals surface area contributed by atoms with Crippen LogP contribution in [-0.4, -0.2) is 41.7 Å². The Bertz CT molecular complexity index is 899. The van der Waals surface area contributed by atoms with E-state index in [1.165, 1.54) is 6.07 Å². The number of aromatic nitrogens is 2. The van der Waals surface area contributed by atoms with E-state index >= 15 is 0 Å². The second kappa shape index (κ2) is 7.65. The third kappa shape index (κ3) is 4.97. The number of sulfone groups is 1. The van der Waals surface area contributed by atoms with E-state index in [2.05, 4.69) is 10.2 Å². The number of hydrogen-bond donors (Lipinski definition) is 0. The molecule has 2 heterocycles. The number of rotatable bonds is 6. The van der Waals surface area contributed by atoms with E-state index in [1.807, 2.05) is 0 Å². The maximum absolute atomic E-state index is 12.2. The van der Waals surface area contributed by atoms with Gasteiger partial charge in [0.25, 0.3) is 5.22 Å². The van der Waals surface area contributed by atoms with E-state index in [4.69, 9.17) is 27.6 Å². The van der Waals surface area contributed by atoms with E-state index < -0.39 is 9.84 Å². The first-order valence-corrected chi connectivity index (χ1v) is 11.0. The van der Waals surface area contributed by atoms with Gasteiger partial charge < -0.3 is 4.42 Å². The first kappa shape index (κ1) is 18.7. The Balaban J connectivity index is 1.54. The summed E-state index contributed by atoms with van der Waals surface area (Å²) in [5.74, 6) is 0.773. The van der Waals surface area contributed by atoms with Gasteiger partial charge in [0.1, 0.15) is 0 Å². The molecule has 134 valence electrons. The molecule has 1 aliphatic heterocycles. The van der Waals surface area contributed by atoms with E-state index in [0.29, 0.717) is 34.3 Å². The Morgan fingerprint density at radius 3 is 2.76 bits per heavy atom. The number of ketones is 1. The Morgan fingerprint density at radius 1 is 1.28 bits per heavy atom. The standard InChI is InChI=1S/C15H14Cl2N2O4S2/c16-11-2-1-10(6-12(11)17)13(20)7-24-15-19-18-14(23-15)5-9-3-4-25(21,22)8-9/h1-2,6,9H,3-5,7-8H2. The van der Waals surface area contributed by atoms with Gasteiger partial charge in [0.2, 0.25) is 5.89 Å². The fraction of sp³-hybridized carbons (Fsp3) is 0.400. The molecule has 1 aliphatic rings. The highest BCUT2D eigenvalue weighted by Crippen LogP contribution is 2.26. The summed E-state index contributed by atoms with van der Waals surface area (Å²) in [6.45, 7) is 0. The molecule has 25 heavy (non-hydrogen) atoms. The van der Waals surface area contributed by atoms with Crippen LogP contribution in [-0.2, 0) is 16.3 Å². The molecule has 0 aliphatic carbocycles. The second-order valence-corrected chi connectivity index (χ2v) is 9.75. The quantitative estimate of drug-likeness (QED) is 0.522. The van der Waals surface area contributed by atoms with E-state index in [0.717, 1.165) is 11.8 Å². The Labute approximate surface area is 159 Å². The topological polar surface area (TPSA) is 90.1 Å². The van der Waals surface area contributed by atoms with Crippen molar-refractivity contribution >= 4 is 50.6 Å². The maximum atomic E-state index is 12.2. The Kier molecular flexibility index (Phi) is 5.72. The van der Waals surface area contributed by atoms with Gasteiger partial charge in [0, 0.05) is 12.0 Å². The molecule has 0 spiro atoms. The minimum Gasteiger partial charge on any atom is -0.416 e. The SMILES string of the molecule is O=C(CSc1nnc(CC2CCS(=O)(=O)C2)o1)c1ccc(Cl)c(Cl)c1. The zero-order chi connectivity index (χ0) is 18.0. The van der Waals surface area contributed by atoms with Crippen molar-refractivity contribution in [1.29, 1.82) is 0 Å². The lowest BCUT2D eigenvalue weighted by Crippen LogP contribution is -2.07. The van der Waals surface area contributed by atoms with Crippen molar-refractivity contribution < 1.29 is 17.6 Å². The third-order valence-corrected chi connectivity index (χ3v) is 7.20. The summed E-state index contributed by atoms with van der Waals surface area (Å²) in [5, 5.41) is 8.81. The molecule has 10 heteroatoms. The maximum Gasteiger partial charge on any atom is 0.277 e. The van der Waals surface area contributed by atoms with Crippen molar-refractivity contribution in [3.8, 4) is 0 Å². The molecule has 1 aromatic heterocycles. The van der Waals surface area contributed by atoms with Crippen molar-refractivity contribution in [2.75, 3.05) is 17.3 Å². The van der Waals surface area contributed by atoms with Crippen LogP contribution in [0.3, 0.4) is 0 Å². The van der Waals surface area contributed by atoms with Gasteiger partial charge in [-0.1, -0.05) is 35.0 Å². The van der Waals surface area contributed by atoms with Crippen LogP contribution in [0, 0.1) is 5.92 Å². The van der Waals surface area contributed by atoms with Gasteiger partial charge in [-0.15, -0.1) is 10.2 Å². The molecule has 1 fully saturated rings. The largest absolute Gasteiger partial charge is 0.416 e. The lowest BCUT2D eigenvalue weighted by atomic mass is 10.1. The average Bonchev–Trinajstić information content (AvgIpc) is 3.14. The van der Waals surface area contributed by atoms with E-state index in [1.54, 1.807) is 12.1 Å². The molecule has 3 rings (SSSR count). The number of thioether (sulfide) groups is 1. The van der Waals surface area contributed by atoms with Crippen molar-refractivity contribution in [2.24, 2.45) is 5.92 Å². The summed E-state index contributed by atoms with van der Waals surface area (Å²) < 4.78 is 28.4. The molecule has 6 nitrogen and oxygen atoms in total. The highest BCUT2D eigenvalue weighted by atomic mass is 35.5. The monoisotopic (exact) mass is 420 g/mol. The summed E-state index contributed by atoms with van der Waals surface area (Å²) in [4.78, 5) is 12.2. The van der Waals surface area contributed by atoms with Crippen molar-refractivity contribution in [3.05, 3.63) is 39.7 Å². The Morgan fingerprint density at radius 2 is 2.08 bits per heavy atom. The fourth-order valence-corrected chi connectivity index (χ4v) is 5.37. The highest BCUT2D eigenvalue weighted by Gasteiger charge is 2.29. The first-order valence-electron chi connectivity index (χ1n) is 7.46. The number of halogens is 2. The van der Waals surface area contributed by atoms with Gasteiger partial charge in [-0.05, 0) is 30.5 Å². The van der Waals surface area contributed by atoms with Gasteiger partial charge >= 0.3 is 0 Å². The van der Waals surface area contributed by atoms with Crippen LogP contribution in [0.15, 0.2) is 27.8 Å². The molecule has 1 unspecified atom stereocenters. The normalized spacial score (nSPS) is 19.2. The van der Waals surface area contributed by atoms with E-state index in [-0.39, 0.29) is 34.2 Å². The molecule has 2 aromatic rings. The van der Waals surface area contributed by atoms with Crippen LogP contribution >= 0.6 is 35.0 Å². The zero-order valence-corrected chi connectivity index (χ0v) is 16.1. The summed E-state index contributed by atoms with van der Waals surface area (Å²) in [6, 6.07) is 4.70. The number of Topliss-reactive ketones (excluding diaryl/α,β-unsaturated/α-hetero) is 1. The van der Waals surface area contributed by atoms with Crippen LogP contribution in [0.2, 0.25) is 10.0 Å². The smallest absolute Gasteiger partial charge is 0.277 e. The predicted octanol–water partition coefficient (Wildman–Crippen LogP) is 3.33. The number of carbonyl (C=O) groups is 1. The zero-order valence-electron chi connectivity index (χ0n) is 12.9. The van der Waals surface area contributed by atoms with Gasteiger partial charge in [0.15, 0.2) is 15.6 Å².